The molecule has 6 heteroatoms. The summed E-state index contributed by atoms with van der Waals surface area (Å²) in [6.45, 7) is 6.60. The molecule has 0 aliphatic carbocycles. The van der Waals surface area contributed by atoms with E-state index in [1.807, 2.05) is 18.2 Å². The van der Waals surface area contributed by atoms with E-state index in [4.69, 9.17) is 10.2 Å². The van der Waals surface area contributed by atoms with E-state index in [0.29, 0.717) is 5.56 Å². The van der Waals surface area contributed by atoms with Gasteiger partial charge in [0.2, 0.25) is 0 Å². The summed E-state index contributed by atoms with van der Waals surface area (Å²) in [6.07, 6.45) is 3.13. The van der Waals surface area contributed by atoms with Gasteiger partial charge in [0.05, 0.1) is 28.2 Å². The van der Waals surface area contributed by atoms with E-state index in [2.05, 4.69) is 75.3 Å². The number of nitrogens with one attached hydrogen (secondary N) is 1. The molecule has 4 nitrogen and oxygen atoms in total. The van der Waals surface area contributed by atoms with Crippen molar-refractivity contribution in [3.8, 4) is 6.07 Å². The van der Waals surface area contributed by atoms with Gasteiger partial charge in [-0.25, -0.2) is 4.98 Å². The maximum atomic E-state index is 9.14. The topological polar surface area (TPSA) is 57.4 Å². The Labute approximate surface area is 174 Å². The van der Waals surface area contributed by atoms with E-state index < -0.39 is 0 Å². The minimum atomic E-state index is 0.135. The molecule has 136 valence electrons. The third-order valence-corrected chi connectivity index (χ3v) is 6.91. The first-order valence-electron chi connectivity index (χ1n) is 8.89. The quantitative estimate of drug-likeness (QED) is 0.347. The average molecular weight is 486 g/mol. The summed E-state index contributed by atoms with van der Waals surface area (Å²) in [5.41, 5.74) is 7.74. The number of fused-ring (bicyclic) bond motifs is 2. The first-order valence-corrected chi connectivity index (χ1v) is 12.2. The van der Waals surface area contributed by atoms with Crippen molar-refractivity contribution in [2.45, 2.75) is 33.1 Å². The number of halogens is 1. The van der Waals surface area contributed by atoms with Crippen molar-refractivity contribution >= 4 is 52.3 Å². The second-order valence-corrected chi connectivity index (χ2v) is 8.49. The molecule has 1 unspecified atom stereocenters. The highest BCUT2D eigenvalue weighted by atomic mass is 127. The molecule has 0 fully saturated rings. The number of aryl methyl sites for hydroxylation is 2. The van der Waals surface area contributed by atoms with Gasteiger partial charge in [0.25, 0.3) is 0 Å². The van der Waals surface area contributed by atoms with Crippen LogP contribution in [0.25, 0.3) is 21.9 Å². The Hall–Kier alpha value is -1.98. The zero-order chi connectivity index (χ0) is 19.1. The minimum Gasteiger partial charge on any atom is -0.341 e. The summed E-state index contributed by atoms with van der Waals surface area (Å²) >= 11 is 2.32. The van der Waals surface area contributed by atoms with Crippen LogP contribution in [-0.4, -0.2) is 13.9 Å². The first kappa shape index (κ1) is 18.4. The largest absolute Gasteiger partial charge is 0.341 e. The molecule has 0 amide bonds. The first-order chi connectivity index (χ1) is 13.1. The smallest absolute Gasteiger partial charge is 0.114 e. The lowest BCUT2D eigenvalue weighted by molar-refractivity contribution is 0.836. The number of H-pyrrole nitrogens is 1. The van der Waals surface area contributed by atoms with Crippen molar-refractivity contribution in [3.05, 3.63) is 64.6 Å². The van der Waals surface area contributed by atoms with E-state index >= 15 is 0 Å². The van der Waals surface area contributed by atoms with Gasteiger partial charge in [-0.15, -0.1) is 0 Å². The SMILES string of the molecule is CCc1cc(C)c2c(ccn2SI)c1C(C)c1nc2ccc(C#N)cc2[nH]1. The van der Waals surface area contributed by atoms with Crippen LogP contribution in [0.1, 0.15) is 47.8 Å². The maximum absolute atomic E-state index is 9.14. The fourth-order valence-corrected chi connectivity index (χ4v) is 5.30. The Morgan fingerprint density at radius 1 is 1.33 bits per heavy atom. The molecular formula is C21H19IN4S. The maximum Gasteiger partial charge on any atom is 0.114 e. The van der Waals surface area contributed by atoms with E-state index in [-0.39, 0.29) is 5.92 Å². The van der Waals surface area contributed by atoms with Crippen molar-refractivity contribution in [3.63, 3.8) is 0 Å². The monoisotopic (exact) mass is 486 g/mol. The predicted molar refractivity (Wildman–Crippen MR) is 121 cm³/mol. The Balaban J connectivity index is 1.92. The number of imidazole rings is 1. The van der Waals surface area contributed by atoms with Crippen LogP contribution in [0.2, 0.25) is 0 Å². The molecule has 0 aliphatic rings. The number of aromatic amines is 1. The van der Waals surface area contributed by atoms with Gasteiger partial charge < -0.3 is 4.98 Å². The Bertz CT molecular complexity index is 1200. The zero-order valence-electron chi connectivity index (χ0n) is 15.4. The van der Waals surface area contributed by atoms with Gasteiger partial charge in [-0.1, -0.05) is 19.9 Å². The standard InChI is InChI=1S/C21H19IN4S/c1-4-15-9-12(2)20-16(7-8-26(20)27-22)19(15)13(3)21-24-17-6-5-14(11-23)10-18(17)25-21/h5-10,13H,4H2,1-3H3,(H,24,25). The Morgan fingerprint density at radius 2 is 2.15 bits per heavy atom. The molecule has 0 radical (unpaired) electrons. The van der Waals surface area contributed by atoms with Gasteiger partial charge >= 0.3 is 0 Å². The number of nitrogens with zero attached hydrogens (tertiary/aromatic N) is 3. The van der Waals surface area contributed by atoms with Crippen molar-refractivity contribution in [2.24, 2.45) is 0 Å². The van der Waals surface area contributed by atoms with Gasteiger partial charge in [-0.05, 0) is 54.3 Å². The molecule has 1 atom stereocenters. The molecule has 0 aliphatic heterocycles. The minimum absolute atomic E-state index is 0.135. The molecule has 0 bridgehead atoms. The third kappa shape index (κ3) is 3.03. The molecule has 0 saturated carbocycles. The number of nitriles is 1. The number of rotatable bonds is 4. The van der Waals surface area contributed by atoms with Crippen molar-refractivity contribution in [2.75, 3.05) is 0 Å². The molecule has 2 aromatic heterocycles. The number of hydrogen-bond acceptors (Lipinski definition) is 3. The van der Waals surface area contributed by atoms with Crippen LogP contribution in [-0.2, 0) is 6.42 Å². The number of hydrogen-bond donors (Lipinski definition) is 1. The molecule has 4 aromatic rings. The highest BCUT2D eigenvalue weighted by molar-refractivity contribution is 14.2. The highest BCUT2D eigenvalue weighted by Gasteiger charge is 2.21. The van der Waals surface area contributed by atoms with Crippen molar-refractivity contribution in [1.82, 2.24) is 13.9 Å². The summed E-state index contributed by atoms with van der Waals surface area (Å²) < 4.78 is 2.22. The summed E-state index contributed by atoms with van der Waals surface area (Å²) in [5.74, 6) is 1.07. The summed E-state index contributed by atoms with van der Waals surface area (Å²) in [6, 6.07) is 12.3. The lowest BCUT2D eigenvalue weighted by atomic mass is 9.89. The van der Waals surface area contributed by atoms with E-state index in [1.165, 1.54) is 27.6 Å². The summed E-state index contributed by atoms with van der Waals surface area (Å²) in [4.78, 5) is 8.26. The molecule has 0 saturated heterocycles. The van der Waals surface area contributed by atoms with Gasteiger partial charge in [0, 0.05) is 47.8 Å². The fraction of sp³-hybridized carbons (Fsp3) is 0.238. The number of aromatic nitrogens is 3. The lowest BCUT2D eigenvalue weighted by Crippen LogP contribution is -2.04. The van der Waals surface area contributed by atoms with Crippen LogP contribution in [0.4, 0.5) is 0 Å². The second kappa shape index (κ2) is 7.21. The molecule has 2 aromatic carbocycles. The fourth-order valence-electron chi connectivity index (χ4n) is 3.90. The Kier molecular flexibility index (Phi) is 4.91. The van der Waals surface area contributed by atoms with E-state index in [0.717, 1.165) is 23.3 Å². The van der Waals surface area contributed by atoms with Crippen LogP contribution in [0.15, 0.2) is 36.5 Å². The zero-order valence-corrected chi connectivity index (χ0v) is 18.4. The van der Waals surface area contributed by atoms with Crippen LogP contribution >= 0.6 is 30.3 Å². The van der Waals surface area contributed by atoms with E-state index in [9.17, 15) is 0 Å². The van der Waals surface area contributed by atoms with Crippen molar-refractivity contribution < 1.29 is 0 Å². The lowest BCUT2D eigenvalue weighted by Gasteiger charge is -2.18. The van der Waals surface area contributed by atoms with Gasteiger partial charge in [0.1, 0.15) is 5.82 Å². The van der Waals surface area contributed by atoms with E-state index in [1.54, 1.807) is 9.12 Å². The van der Waals surface area contributed by atoms with Crippen LogP contribution in [0.5, 0.6) is 0 Å². The predicted octanol–water partition coefficient (Wildman–Crippen LogP) is 6.26. The molecule has 4 rings (SSSR count). The van der Waals surface area contributed by atoms with Gasteiger partial charge in [-0.2, -0.15) is 5.26 Å². The Morgan fingerprint density at radius 3 is 2.85 bits per heavy atom. The van der Waals surface area contributed by atoms with Gasteiger partial charge in [-0.3, -0.25) is 3.97 Å². The molecule has 1 N–H and O–H groups in total. The van der Waals surface area contributed by atoms with Crippen LogP contribution < -0.4 is 0 Å². The normalized spacial score (nSPS) is 12.6. The second-order valence-electron chi connectivity index (χ2n) is 6.78. The molecular weight excluding hydrogens is 467 g/mol. The molecule has 27 heavy (non-hydrogen) atoms. The molecule has 2 heterocycles. The van der Waals surface area contributed by atoms with Gasteiger partial charge in [0.15, 0.2) is 0 Å². The van der Waals surface area contributed by atoms with Crippen LogP contribution in [0, 0.1) is 18.3 Å². The van der Waals surface area contributed by atoms with Crippen molar-refractivity contribution in [1.29, 1.82) is 5.26 Å². The average Bonchev–Trinajstić information content (AvgIpc) is 3.30. The van der Waals surface area contributed by atoms with Crippen LogP contribution in [0.3, 0.4) is 0 Å². The highest BCUT2D eigenvalue weighted by Crippen LogP contribution is 2.37. The summed E-state index contributed by atoms with van der Waals surface area (Å²) in [7, 11) is 1.69. The molecule has 0 spiro atoms. The third-order valence-electron chi connectivity index (χ3n) is 5.18. The summed E-state index contributed by atoms with van der Waals surface area (Å²) in [5, 5.41) is 10.4. The number of benzene rings is 2.